The number of hydrogen-bond donors (Lipinski definition) is 0. The maximum absolute atomic E-state index is 12.2. The highest BCUT2D eigenvalue weighted by Crippen LogP contribution is 2.15. The number of nitrogens with zero attached hydrogens (tertiary/aromatic N) is 3. The molecule has 0 aliphatic carbocycles. The van der Waals surface area contributed by atoms with Crippen molar-refractivity contribution in [2.24, 2.45) is 0 Å². The van der Waals surface area contributed by atoms with Gasteiger partial charge in [-0.05, 0) is 25.8 Å². The number of carbonyl (C=O) groups is 1. The van der Waals surface area contributed by atoms with Gasteiger partial charge in [0, 0.05) is 50.8 Å². The van der Waals surface area contributed by atoms with E-state index in [-0.39, 0.29) is 5.91 Å². The van der Waals surface area contributed by atoms with E-state index in [1.807, 2.05) is 23.3 Å². The quantitative estimate of drug-likeness (QED) is 0.793. The molecule has 0 N–H and O–H groups in total. The van der Waals surface area contributed by atoms with Crippen LogP contribution in [0.2, 0.25) is 0 Å². The molecule has 1 unspecified atom stereocenters. The lowest BCUT2D eigenvalue weighted by molar-refractivity contribution is -0.127. The Morgan fingerprint density at radius 1 is 1.45 bits per heavy atom. The van der Waals surface area contributed by atoms with Crippen LogP contribution in [0.1, 0.15) is 23.5 Å². The summed E-state index contributed by atoms with van der Waals surface area (Å²) in [6.45, 7) is 7.36. The van der Waals surface area contributed by atoms with Gasteiger partial charge in [0.05, 0.1) is 16.8 Å². The zero-order valence-electron chi connectivity index (χ0n) is 13.0. The molecule has 3 rings (SSSR count). The van der Waals surface area contributed by atoms with Crippen molar-refractivity contribution < 1.29 is 9.53 Å². The molecule has 0 saturated carbocycles. The largest absolute Gasteiger partial charge is 0.377 e. The smallest absolute Gasteiger partial charge is 0.246 e. The molecule has 1 aromatic rings. The molecular weight excluding hydrogens is 298 g/mol. The van der Waals surface area contributed by atoms with E-state index in [9.17, 15) is 4.79 Å². The number of ether oxygens (including phenoxy) is 1. The molecule has 0 aromatic carbocycles. The Morgan fingerprint density at radius 2 is 2.27 bits per heavy atom. The maximum Gasteiger partial charge on any atom is 0.246 e. The summed E-state index contributed by atoms with van der Waals surface area (Å²) >= 11 is 1.60. The van der Waals surface area contributed by atoms with Gasteiger partial charge in [-0.2, -0.15) is 0 Å². The number of hydrogen-bond acceptors (Lipinski definition) is 5. The lowest BCUT2D eigenvalue weighted by atomic mass is 10.2. The lowest BCUT2D eigenvalue weighted by Crippen LogP contribution is -2.50. The average molecular weight is 321 g/mol. The Bertz CT molecular complexity index is 529. The molecule has 22 heavy (non-hydrogen) atoms. The van der Waals surface area contributed by atoms with E-state index in [0.717, 1.165) is 50.0 Å². The monoisotopic (exact) mass is 321 g/mol. The second-order valence-corrected chi connectivity index (χ2v) is 6.95. The zero-order chi connectivity index (χ0) is 15.4. The average Bonchev–Trinajstić information content (AvgIpc) is 3.17. The molecule has 1 atom stereocenters. The number of aryl methyl sites for hydroxylation is 1. The molecular formula is C16H23N3O2S. The van der Waals surface area contributed by atoms with Crippen LogP contribution in [0.15, 0.2) is 11.5 Å². The van der Waals surface area contributed by atoms with Crippen molar-refractivity contribution in [2.75, 3.05) is 39.3 Å². The summed E-state index contributed by atoms with van der Waals surface area (Å²) in [6.07, 6.45) is 6.21. The second-order valence-electron chi connectivity index (χ2n) is 5.89. The van der Waals surface area contributed by atoms with Crippen LogP contribution in [0, 0.1) is 6.92 Å². The Kier molecular flexibility index (Phi) is 5.23. The normalized spacial score (nSPS) is 23.5. The summed E-state index contributed by atoms with van der Waals surface area (Å²) in [5.41, 5.74) is 0.868. The first-order chi connectivity index (χ1) is 10.7. The predicted octanol–water partition coefficient (Wildman–Crippen LogP) is 1.79. The van der Waals surface area contributed by atoms with Crippen LogP contribution in [-0.2, 0) is 9.53 Å². The first kappa shape index (κ1) is 15.6. The van der Waals surface area contributed by atoms with Crippen molar-refractivity contribution in [3.63, 3.8) is 0 Å². The maximum atomic E-state index is 12.2. The molecule has 3 heterocycles. The minimum Gasteiger partial charge on any atom is -0.377 e. The van der Waals surface area contributed by atoms with E-state index in [2.05, 4.69) is 9.88 Å². The minimum absolute atomic E-state index is 0.0856. The standard InChI is InChI=1S/C16H23N3O2S/c1-13-17-14(12-22-13)4-5-16(20)19-8-6-18(7-9-19)11-15-3-2-10-21-15/h4-5,12,15H,2-3,6-11H2,1H3/b5-4+. The molecule has 6 heteroatoms. The highest BCUT2D eigenvalue weighted by Gasteiger charge is 2.24. The summed E-state index contributed by atoms with van der Waals surface area (Å²) in [4.78, 5) is 20.9. The fourth-order valence-electron chi connectivity index (χ4n) is 2.95. The van der Waals surface area contributed by atoms with Gasteiger partial charge in [-0.25, -0.2) is 4.98 Å². The van der Waals surface area contributed by atoms with E-state index in [0.29, 0.717) is 6.10 Å². The number of carbonyl (C=O) groups excluding carboxylic acids is 1. The van der Waals surface area contributed by atoms with Gasteiger partial charge in [-0.3, -0.25) is 9.69 Å². The third kappa shape index (κ3) is 4.15. The number of thiazole rings is 1. The SMILES string of the molecule is Cc1nc(/C=C/C(=O)N2CCN(CC3CCCO3)CC2)cs1. The van der Waals surface area contributed by atoms with Crippen LogP contribution in [0.5, 0.6) is 0 Å². The predicted molar refractivity (Wildman–Crippen MR) is 87.9 cm³/mol. The molecule has 2 aliphatic rings. The number of aromatic nitrogens is 1. The summed E-state index contributed by atoms with van der Waals surface area (Å²) in [5, 5.41) is 2.99. The number of amides is 1. The molecule has 5 nitrogen and oxygen atoms in total. The second kappa shape index (κ2) is 7.35. The van der Waals surface area contributed by atoms with Crippen LogP contribution in [0.4, 0.5) is 0 Å². The molecule has 0 bridgehead atoms. The van der Waals surface area contributed by atoms with Crippen LogP contribution in [0.3, 0.4) is 0 Å². The Hall–Kier alpha value is -1.24. The van der Waals surface area contributed by atoms with Crippen LogP contribution < -0.4 is 0 Å². The van der Waals surface area contributed by atoms with Crippen LogP contribution >= 0.6 is 11.3 Å². The van der Waals surface area contributed by atoms with Crippen molar-refractivity contribution in [2.45, 2.75) is 25.9 Å². The van der Waals surface area contributed by atoms with E-state index < -0.39 is 0 Å². The van der Waals surface area contributed by atoms with Gasteiger partial charge in [0.2, 0.25) is 5.91 Å². The molecule has 1 amide bonds. The fourth-order valence-corrected chi connectivity index (χ4v) is 3.53. The van der Waals surface area contributed by atoms with E-state index in [1.165, 1.54) is 12.8 Å². The zero-order valence-corrected chi connectivity index (χ0v) is 13.8. The van der Waals surface area contributed by atoms with E-state index >= 15 is 0 Å². The highest BCUT2D eigenvalue weighted by molar-refractivity contribution is 7.09. The van der Waals surface area contributed by atoms with Gasteiger partial charge >= 0.3 is 0 Å². The van der Waals surface area contributed by atoms with Gasteiger partial charge in [-0.1, -0.05) is 0 Å². The van der Waals surface area contributed by atoms with Crippen molar-refractivity contribution in [1.82, 2.24) is 14.8 Å². The van der Waals surface area contributed by atoms with Crippen molar-refractivity contribution in [1.29, 1.82) is 0 Å². The van der Waals surface area contributed by atoms with Gasteiger partial charge in [0.25, 0.3) is 0 Å². The Balaban J connectivity index is 1.44. The van der Waals surface area contributed by atoms with Crippen molar-refractivity contribution >= 4 is 23.3 Å². The summed E-state index contributed by atoms with van der Waals surface area (Å²) in [5.74, 6) is 0.0856. The summed E-state index contributed by atoms with van der Waals surface area (Å²) < 4.78 is 5.68. The van der Waals surface area contributed by atoms with E-state index in [1.54, 1.807) is 17.4 Å². The highest BCUT2D eigenvalue weighted by atomic mass is 32.1. The van der Waals surface area contributed by atoms with Gasteiger partial charge < -0.3 is 9.64 Å². The summed E-state index contributed by atoms with van der Waals surface area (Å²) in [7, 11) is 0. The third-order valence-corrected chi connectivity index (χ3v) is 4.99. The summed E-state index contributed by atoms with van der Waals surface area (Å²) in [6, 6.07) is 0. The van der Waals surface area contributed by atoms with Gasteiger partial charge in [0.1, 0.15) is 0 Å². The van der Waals surface area contributed by atoms with Crippen LogP contribution in [-0.4, -0.2) is 66.1 Å². The van der Waals surface area contributed by atoms with Gasteiger partial charge in [-0.15, -0.1) is 11.3 Å². The molecule has 0 spiro atoms. The molecule has 0 radical (unpaired) electrons. The molecule has 1 aromatic heterocycles. The fraction of sp³-hybridized carbons (Fsp3) is 0.625. The topological polar surface area (TPSA) is 45.7 Å². The molecule has 120 valence electrons. The first-order valence-corrected chi connectivity index (χ1v) is 8.82. The van der Waals surface area contributed by atoms with Crippen molar-refractivity contribution in [3.8, 4) is 0 Å². The number of rotatable bonds is 4. The molecule has 2 fully saturated rings. The minimum atomic E-state index is 0.0856. The Labute approximate surface area is 135 Å². The Morgan fingerprint density at radius 3 is 2.91 bits per heavy atom. The molecule has 2 aliphatic heterocycles. The van der Waals surface area contributed by atoms with E-state index in [4.69, 9.17) is 4.74 Å². The lowest BCUT2D eigenvalue weighted by Gasteiger charge is -2.35. The third-order valence-electron chi connectivity index (χ3n) is 4.20. The van der Waals surface area contributed by atoms with Crippen LogP contribution in [0.25, 0.3) is 6.08 Å². The van der Waals surface area contributed by atoms with Crippen molar-refractivity contribution in [3.05, 3.63) is 22.2 Å². The van der Waals surface area contributed by atoms with Gasteiger partial charge in [0.15, 0.2) is 0 Å². The first-order valence-electron chi connectivity index (χ1n) is 7.94. The molecule has 2 saturated heterocycles. The number of piperazine rings is 1.